The molecule has 0 saturated carbocycles. The highest BCUT2D eigenvalue weighted by Crippen LogP contribution is 2.37. The second kappa shape index (κ2) is 11.0. The number of esters is 2. The van der Waals surface area contributed by atoms with E-state index < -0.39 is 48.9 Å². The van der Waals surface area contributed by atoms with Crippen molar-refractivity contribution in [3.8, 4) is 0 Å². The summed E-state index contributed by atoms with van der Waals surface area (Å²) >= 11 is 0. The number of hydrogen-bond donors (Lipinski definition) is 0. The Hall–Kier alpha value is -3.56. The molecule has 0 amide bonds. The smallest absolute Gasteiger partial charge is 0.338 e. The first kappa shape index (κ1) is 24.1. The average molecular weight is 491 g/mol. The van der Waals surface area contributed by atoms with E-state index in [1.807, 2.05) is 30.3 Å². The number of rotatable bonds is 6. The van der Waals surface area contributed by atoms with Crippen LogP contribution in [0.2, 0.25) is 0 Å². The topological polar surface area (TPSA) is 89.5 Å². The summed E-state index contributed by atoms with van der Waals surface area (Å²) in [5.74, 6) is -1.18. The van der Waals surface area contributed by atoms with Gasteiger partial charge in [0, 0.05) is 12.7 Å². The third-order valence-electron chi connectivity index (χ3n) is 6.09. The van der Waals surface area contributed by atoms with Gasteiger partial charge in [0.1, 0.15) is 12.2 Å². The molecule has 6 atom stereocenters. The van der Waals surface area contributed by atoms with Gasteiger partial charge in [-0.05, 0) is 24.3 Å². The number of ether oxygens (including phenoxy) is 6. The largest absolute Gasteiger partial charge is 0.452 e. The minimum Gasteiger partial charge on any atom is -0.452 e. The van der Waals surface area contributed by atoms with Gasteiger partial charge in [0.05, 0.1) is 17.7 Å². The van der Waals surface area contributed by atoms with Crippen molar-refractivity contribution in [2.45, 2.75) is 37.0 Å². The van der Waals surface area contributed by atoms with Crippen molar-refractivity contribution in [2.75, 3.05) is 13.7 Å². The van der Waals surface area contributed by atoms with E-state index in [4.69, 9.17) is 28.4 Å². The fourth-order valence-electron chi connectivity index (χ4n) is 4.31. The summed E-state index contributed by atoms with van der Waals surface area (Å²) in [4.78, 5) is 26.1. The number of fused-ring (bicyclic) bond motifs is 1. The number of carbonyl (C=O) groups excluding carboxylic acids is 2. The second-order valence-corrected chi connectivity index (χ2v) is 8.43. The van der Waals surface area contributed by atoms with Crippen LogP contribution in [0.4, 0.5) is 0 Å². The molecule has 2 aliphatic heterocycles. The van der Waals surface area contributed by atoms with E-state index in [9.17, 15) is 9.59 Å². The first-order chi connectivity index (χ1) is 17.6. The van der Waals surface area contributed by atoms with E-state index in [0.29, 0.717) is 11.1 Å². The first-order valence-corrected chi connectivity index (χ1v) is 11.7. The molecule has 2 heterocycles. The number of methoxy groups -OCH3 is 1. The molecule has 0 unspecified atom stereocenters. The zero-order chi connectivity index (χ0) is 24.9. The average Bonchev–Trinajstić information content (AvgIpc) is 2.95. The van der Waals surface area contributed by atoms with Gasteiger partial charge in [-0.25, -0.2) is 9.59 Å². The van der Waals surface area contributed by atoms with Crippen LogP contribution < -0.4 is 0 Å². The molecule has 0 spiro atoms. The van der Waals surface area contributed by atoms with Crippen LogP contribution in [0.5, 0.6) is 0 Å². The van der Waals surface area contributed by atoms with Crippen molar-refractivity contribution >= 4 is 11.9 Å². The van der Waals surface area contributed by atoms with Crippen LogP contribution in [-0.2, 0) is 28.4 Å². The molecule has 186 valence electrons. The summed E-state index contributed by atoms with van der Waals surface area (Å²) in [7, 11) is 1.43. The Morgan fingerprint density at radius 1 is 0.722 bits per heavy atom. The lowest BCUT2D eigenvalue weighted by atomic mass is 9.97. The summed E-state index contributed by atoms with van der Waals surface area (Å²) in [6.07, 6.45) is -5.23. The predicted octanol–water partition coefficient (Wildman–Crippen LogP) is 3.92. The summed E-state index contributed by atoms with van der Waals surface area (Å²) in [5.41, 5.74) is 1.50. The highest BCUT2D eigenvalue weighted by atomic mass is 16.8. The summed E-state index contributed by atoms with van der Waals surface area (Å²) < 4.78 is 35.5. The maximum absolute atomic E-state index is 13.1. The van der Waals surface area contributed by atoms with Gasteiger partial charge in [0.25, 0.3) is 0 Å². The van der Waals surface area contributed by atoms with Crippen molar-refractivity contribution in [3.63, 3.8) is 0 Å². The third-order valence-corrected chi connectivity index (χ3v) is 6.09. The number of benzene rings is 3. The highest BCUT2D eigenvalue weighted by molar-refractivity contribution is 5.90. The lowest BCUT2D eigenvalue weighted by Crippen LogP contribution is -2.64. The fraction of sp³-hybridized carbons (Fsp3) is 0.286. The molecule has 2 saturated heterocycles. The molecule has 2 fully saturated rings. The lowest BCUT2D eigenvalue weighted by molar-refractivity contribution is -0.356. The van der Waals surface area contributed by atoms with Gasteiger partial charge in [-0.2, -0.15) is 0 Å². The van der Waals surface area contributed by atoms with Gasteiger partial charge in [-0.3, -0.25) is 0 Å². The lowest BCUT2D eigenvalue weighted by Gasteiger charge is -2.47. The molecular formula is C28H26O8. The third kappa shape index (κ3) is 5.17. The van der Waals surface area contributed by atoms with Crippen molar-refractivity contribution in [1.82, 2.24) is 0 Å². The van der Waals surface area contributed by atoms with E-state index >= 15 is 0 Å². The second-order valence-electron chi connectivity index (χ2n) is 8.43. The molecule has 5 rings (SSSR count). The minimum atomic E-state index is -1.09. The van der Waals surface area contributed by atoms with E-state index in [2.05, 4.69) is 0 Å². The van der Waals surface area contributed by atoms with Gasteiger partial charge in [0.15, 0.2) is 24.8 Å². The van der Waals surface area contributed by atoms with Crippen molar-refractivity contribution in [3.05, 3.63) is 108 Å². The van der Waals surface area contributed by atoms with Gasteiger partial charge < -0.3 is 28.4 Å². The molecule has 3 aromatic rings. The Balaban J connectivity index is 1.46. The Morgan fingerprint density at radius 3 is 1.81 bits per heavy atom. The fourth-order valence-corrected chi connectivity index (χ4v) is 4.31. The summed E-state index contributed by atoms with van der Waals surface area (Å²) in [6, 6.07) is 26.5. The molecule has 8 heteroatoms. The van der Waals surface area contributed by atoms with Crippen LogP contribution in [0.25, 0.3) is 0 Å². The van der Waals surface area contributed by atoms with E-state index in [-0.39, 0.29) is 6.61 Å². The van der Waals surface area contributed by atoms with Gasteiger partial charge >= 0.3 is 11.9 Å². The van der Waals surface area contributed by atoms with Crippen molar-refractivity contribution < 1.29 is 38.0 Å². The summed E-state index contributed by atoms with van der Waals surface area (Å²) in [6.45, 7) is 0.169. The normalized spacial score (nSPS) is 27.5. The molecule has 0 aliphatic carbocycles. The van der Waals surface area contributed by atoms with Gasteiger partial charge in [0.2, 0.25) is 0 Å². The number of hydrogen-bond acceptors (Lipinski definition) is 8. The zero-order valence-electron chi connectivity index (χ0n) is 19.6. The molecule has 36 heavy (non-hydrogen) atoms. The van der Waals surface area contributed by atoms with E-state index in [1.165, 1.54) is 7.11 Å². The Morgan fingerprint density at radius 2 is 1.25 bits per heavy atom. The van der Waals surface area contributed by atoms with Crippen LogP contribution in [-0.4, -0.2) is 56.4 Å². The van der Waals surface area contributed by atoms with Crippen LogP contribution in [0.1, 0.15) is 32.6 Å². The van der Waals surface area contributed by atoms with Crippen molar-refractivity contribution in [1.29, 1.82) is 0 Å². The van der Waals surface area contributed by atoms with E-state index in [0.717, 1.165) is 5.56 Å². The van der Waals surface area contributed by atoms with Crippen LogP contribution in [0, 0.1) is 0 Å². The molecule has 0 bridgehead atoms. The Kier molecular flexibility index (Phi) is 7.39. The molecule has 0 aromatic heterocycles. The zero-order valence-corrected chi connectivity index (χ0v) is 19.6. The number of carbonyl (C=O) groups is 2. The highest BCUT2D eigenvalue weighted by Gasteiger charge is 2.54. The molecule has 3 aromatic carbocycles. The Bertz CT molecular complexity index is 1150. The molecule has 0 N–H and O–H groups in total. The monoisotopic (exact) mass is 490 g/mol. The SMILES string of the molecule is CO[C@@H]1O[C@@H]2CO[C@@H](c3ccccc3)O[C@@H]2[C@@H](OC(=O)c2ccccc2)[C@@H]1OC(=O)c1ccccc1. The van der Waals surface area contributed by atoms with Gasteiger partial charge in [-0.15, -0.1) is 0 Å². The standard InChI is InChI=1S/C28H26O8/c1-31-28-24(35-26(30)19-13-7-3-8-14-19)23(34-25(29)18-11-5-2-6-12-18)22-21(33-28)17-32-27(36-22)20-15-9-4-10-16-20/h2-16,21-24,27-28H,17H2,1H3/t21-,22+,23-,24+,27-,28-/m1/s1. The van der Waals surface area contributed by atoms with Gasteiger partial charge in [-0.1, -0.05) is 66.7 Å². The molecule has 2 aliphatic rings. The van der Waals surface area contributed by atoms with E-state index in [1.54, 1.807) is 60.7 Å². The maximum atomic E-state index is 13.1. The molecule has 0 radical (unpaired) electrons. The predicted molar refractivity (Wildman–Crippen MR) is 127 cm³/mol. The van der Waals surface area contributed by atoms with Crippen LogP contribution in [0.3, 0.4) is 0 Å². The van der Waals surface area contributed by atoms with Crippen molar-refractivity contribution in [2.24, 2.45) is 0 Å². The van der Waals surface area contributed by atoms with Crippen LogP contribution >= 0.6 is 0 Å². The molecular weight excluding hydrogens is 464 g/mol. The van der Waals surface area contributed by atoms with Crippen LogP contribution in [0.15, 0.2) is 91.0 Å². The quantitative estimate of drug-likeness (QED) is 0.481. The first-order valence-electron chi connectivity index (χ1n) is 11.7. The minimum absolute atomic E-state index is 0.169. The molecule has 8 nitrogen and oxygen atoms in total. The summed E-state index contributed by atoms with van der Waals surface area (Å²) in [5, 5.41) is 0. The Labute approximate surface area is 208 Å². The maximum Gasteiger partial charge on any atom is 0.338 e.